The van der Waals surface area contributed by atoms with Crippen LogP contribution >= 0.6 is 0 Å². The fourth-order valence-corrected chi connectivity index (χ4v) is 4.09. The van der Waals surface area contributed by atoms with Crippen LogP contribution in [0.3, 0.4) is 0 Å². The largest absolute Gasteiger partial charge is 0.508 e. The molecular formula is C16H23NO. The standard InChI is InChI=1S/C16H23NO/c1-3-9-17-11(2)10-13-14(17)8-7-12-5-4-6-15(18)16(12)13/h4-6,11,13-14,18H,3,7-10H2,1-2H3/t11-,13-,14-/m1/s1. The number of aromatic hydroxyl groups is 1. The molecule has 18 heavy (non-hydrogen) atoms. The second-order valence-corrected chi connectivity index (χ2v) is 5.89. The summed E-state index contributed by atoms with van der Waals surface area (Å²) in [4.78, 5) is 2.67. The predicted octanol–water partition coefficient (Wildman–Crippen LogP) is 3.29. The van der Waals surface area contributed by atoms with Gasteiger partial charge in [-0.3, -0.25) is 4.90 Å². The third-order valence-corrected chi connectivity index (χ3v) is 4.79. The Balaban J connectivity index is 1.96. The Labute approximate surface area is 110 Å². The van der Waals surface area contributed by atoms with E-state index in [0.717, 1.165) is 6.42 Å². The van der Waals surface area contributed by atoms with Gasteiger partial charge in [-0.1, -0.05) is 19.1 Å². The highest BCUT2D eigenvalue weighted by molar-refractivity contribution is 5.45. The SMILES string of the molecule is CCCN1[C@H](C)C[C@H]2c3c(O)cccc3CC[C@H]21. The van der Waals surface area contributed by atoms with Crippen molar-refractivity contribution in [3.05, 3.63) is 29.3 Å². The average molecular weight is 245 g/mol. The van der Waals surface area contributed by atoms with E-state index in [1.54, 1.807) is 0 Å². The molecule has 0 radical (unpaired) electrons. The molecule has 0 spiro atoms. The number of hydrogen-bond donors (Lipinski definition) is 1. The molecule has 1 aromatic rings. The number of benzene rings is 1. The molecule has 1 aliphatic carbocycles. The minimum Gasteiger partial charge on any atom is -0.508 e. The normalized spacial score (nSPS) is 31.1. The van der Waals surface area contributed by atoms with E-state index >= 15 is 0 Å². The first kappa shape index (κ1) is 12.0. The third-order valence-electron chi connectivity index (χ3n) is 4.79. The van der Waals surface area contributed by atoms with E-state index in [2.05, 4.69) is 24.8 Å². The number of phenolic OH excluding ortho intramolecular Hbond substituents is 1. The smallest absolute Gasteiger partial charge is 0.119 e. The van der Waals surface area contributed by atoms with E-state index in [0.29, 0.717) is 23.8 Å². The molecule has 0 saturated carbocycles. The molecule has 1 N–H and O–H groups in total. The number of likely N-dealkylation sites (tertiary alicyclic amines) is 1. The summed E-state index contributed by atoms with van der Waals surface area (Å²) in [5.74, 6) is 1.07. The van der Waals surface area contributed by atoms with Crippen LogP contribution in [0, 0.1) is 0 Å². The van der Waals surface area contributed by atoms with E-state index in [1.807, 2.05) is 12.1 Å². The molecular weight excluding hydrogens is 222 g/mol. The van der Waals surface area contributed by atoms with Crippen molar-refractivity contribution in [3.8, 4) is 5.75 Å². The van der Waals surface area contributed by atoms with Crippen LogP contribution in [0.5, 0.6) is 5.75 Å². The maximum atomic E-state index is 10.2. The van der Waals surface area contributed by atoms with E-state index in [4.69, 9.17) is 0 Å². The molecule has 2 aliphatic rings. The molecule has 3 atom stereocenters. The molecule has 0 unspecified atom stereocenters. The van der Waals surface area contributed by atoms with Gasteiger partial charge in [0.25, 0.3) is 0 Å². The van der Waals surface area contributed by atoms with Gasteiger partial charge in [-0.25, -0.2) is 0 Å². The zero-order chi connectivity index (χ0) is 12.7. The molecule has 2 heteroatoms. The third kappa shape index (κ3) is 1.74. The monoisotopic (exact) mass is 245 g/mol. The molecule has 1 fully saturated rings. The Morgan fingerprint density at radius 2 is 2.22 bits per heavy atom. The number of aryl methyl sites for hydroxylation is 1. The van der Waals surface area contributed by atoms with Gasteiger partial charge in [-0.15, -0.1) is 0 Å². The molecule has 1 saturated heterocycles. The second-order valence-electron chi connectivity index (χ2n) is 5.89. The molecule has 1 heterocycles. The van der Waals surface area contributed by atoms with Gasteiger partial charge < -0.3 is 5.11 Å². The molecule has 1 aromatic carbocycles. The number of rotatable bonds is 2. The highest BCUT2D eigenvalue weighted by Gasteiger charge is 2.42. The Kier molecular flexibility index (Phi) is 3.06. The van der Waals surface area contributed by atoms with Crippen LogP contribution < -0.4 is 0 Å². The lowest BCUT2D eigenvalue weighted by Crippen LogP contribution is -2.38. The number of hydrogen-bond acceptors (Lipinski definition) is 2. The quantitative estimate of drug-likeness (QED) is 0.864. The summed E-state index contributed by atoms with van der Waals surface area (Å²) in [7, 11) is 0. The Morgan fingerprint density at radius 1 is 1.39 bits per heavy atom. The predicted molar refractivity (Wildman–Crippen MR) is 74.0 cm³/mol. The van der Waals surface area contributed by atoms with Gasteiger partial charge in [0.05, 0.1) is 0 Å². The molecule has 98 valence electrons. The first-order valence-electron chi connectivity index (χ1n) is 7.29. The van der Waals surface area contributed by atoms with Gasteiger partial charge >= 0.3 is 0 Å². The van der Waals surface area contributed by atoms with Crippen LogP contribution in [0.4, 0.5) is 0 Å². The van der Waals surface area contributed by atoms with Crippen molar-refractivity contribution < 1.29 is 5.11 Å². The van der Waals surface area contributed by atoms with Crippen molar-refractivity contribution in [1.82, 2.24) is 4.90 Å². The van der Waals surface area contributed by atoms with Crippen molar-refractivity contribution in [2.24, 2.45) is 0 Å². The maximum absolute atomic E-state index is 10.2. The van der Waals surface area contributed by atoms with Crippen molar-refractivity contribution >= 4 is 0 Å². The zero-order valence-electron chi connectivity index (χ0n) is 11.4. The maximum Gasteiger partial charge on any atom is 0.119 e. The number of nitrogens with zero attached hydrogens (tertiary/aromatic N) is 1. The summed E-state index contributed by atoms with van der Waals surface area (Å²) < 4.78 is 0. The lowest BCUT2D eigenvalue weighted by Gasteiger charge is -2.34. The van der Waals surface area contributed by atoms with E-state index in [1.165, 1.54) is 36.9 Å². The first-order chi connectivity index (χ1) is 8.72. The lowest BCUT2D eigenvalue weighted by atomic mass is 9.79. The fraction of sp³-hybridized carbons (Fsp3) is 0.625. The van der Waals surface area contributed by atoms with Gasteiger partial charge in [0.1, 0.15) is 5.75 Å². The van der Waals surface area contributed by atoms with E-state index in [-0.39, 0.29) is 0 Å². The van der Waals surface area contributed by atoms with Crippen molar-refractivity contribution in [2.45, 2.75) is 57.5 Å². The summed E-state index contributed by atoms with van der Waals surface area (Å²) in [6.07, 6.45) is 4.81. The molecule has 3 rings (SSSR count). The summed E-state index contributed by atoms with van der Waals surface area (Å²) in [6, 6.07) is 7.34. The van der Waals surface area contributed by atoms with Gasteiger partial charge in [0.15, 0.2) is 0 Å². The van der Waals surface area contributed by atoms with Crippen LogP contribution in [0.2, 0.25) is 0 Å². The fourth-order valence-electron chi connectivity index (χ4n) is 4.09. The summed E-state index contributed by atoms with van der Waals surface area (Å²) in [5.41, 5.74) is 2.63. The number of phenols is 1. The van der Waals surface area contributed by atoms with E-state index < -0.39 is 0 Å². The average Bonchev–Trinajstić information content (AvgIpc) is 2.67. The van der Waals surface area contributed by atoms with Crippen LogP contribution in [0.25, 0.3) is 0 Å². The summed E-state index contributed by atoms with van der Waals surface area (Å²) in [6.45, 7) is 5.80. The van der Waals surface area contributed by atoms with E-state index in [9.17, 15) is 5.11 Å². The van der Waals surface area contributed by atoms with Gasteiger partial charge in [0.2, 0.25) is 0 Å². The van der Waals surface area contributed by atoms with Crippen LogP contribution in [-0.2, 0) is 6.42 Å². The lowest BCUT2D eigenvalue weighted by molar-refractivity contribution is 0.185. The first-order valence-corrected chi connectivity index (χ1v) is 7.29. The zero-order valence-corrected chi connectivity index (χ0v) is 11.4. The molecule has 1 aliphatic heterocycles. The van der Waals surface area contributed by atoms with Gasteiger partial charge in [-0.05, 0) is 50.8 Å². The molecule has 0 aromatic heterocycles. The minimum absolute atomic E-state index is 0.521. The summed E-state index contributed by atoms with van der Waals surface area (Å²) >= 11 is 0. The van der Waals surface area contributed by atoms with Crippen LogP contribution in [0.15, 0.2) is 18.2 Å². The molecule has 0 amide bonds. The van der Waals surface area contributed by atoms with Crippen molar-refractivity contribution in [1.29, 1.82) is 0 Å². The summed E-state index contributed by atoms with van der Waals surface area (Å²) in [5, 5.41) is 10.2. The second kappa shape index (κ2) is 4.58. The minimum atomic E-state index is 0.521. The van der Waals surface area contributed by atoms with Gasteiger partial charge in [0, 0.05) is 23.6 Å². The number of fused-ring (bicyclic) bond motifs is 3. The topological polar surface area (TPSA) is 23.5 Å². The van der Waals surface area contributed by atoms with Gasteiger partial charge in [-0.2, -0.15) is 0 Å². The Morgan fingerprint density at radius 3 is 3.00 bits per heavy atom. The van der Waals surface area contributed by atoms with Crippen LogP contribution in [-0.4, -0.2) is 28.6 Å². The van der Waals surface area contributed by atoms with Crippen molar-refractivity contribution in [3.63, 3.8) is 0 Å². The molecule has 2 nitrogen and oxygen atoms in total. The molecule has 0 bridgehead atoms. The Bertz CT molecular complexity index is 443. The highest BCUT2D eigenvalue weighted by Crippen LogP contribution is 2.47. The van der Waals surface area contributed by atoms with Crippen molar-refractivity contribution in [2.75, 3.05) is 6.54 Å². The van der Waals surface area contributed by atoms with Crippen LogP contribution in [0.1, 0.15) is 50.2 Å². The highest BCUT2D eigenvalue weighted by atomic mass is 16.3. The Hall–Kier alpha value is -1.02.